The van der Waals surface area contributed by atoms with Gasteiger partial charge in [0.1, 0.15) is 24.2 Å². The van der Waals surface area contributed by atoms with Gasteiger partial charge in [-0.2, -0.15) is 13.2 Å². The molecule has 18 nitrogen and oxygen atoms in total. The van der Waals surface area contributed by atoms with E-state index < -0.39 is 30.4 Å². The lowest BCUT2D eigenvalue weighted by Crippen LogP contribution is -2.51. The molecule has 4 amide bonds. The number of likely N-dealkylation sites (N-methyl/N-ethyl adjacent to an activating group) is 1. The Labute approximate surface area is 352 Å². The summed E-state index contributed by atoms with van der Waals surface area (Å²) in [4.78, 5) is 88.5. The number of aliphatic carboxylic acids is 1. The van der Waals surface area contributed by atoms with Gasteiger partial charge in [0.2, 0.25) is 11.8 Å². The number of carboxylic acid groups (broad SMARTS) is 2. The molecular formula is C41H45F3N10O8. The first-order valence-corrected chi connectivity index (χ1v) is 19.6. The zero-order valence-electron chi connectivity index (χ0n) is 34.1. The van der Waals surface area contributed by atoms with E-state index in [1.165, 1.54) is 14.2 Å². The number of nitrogens with zero attached hydrogens (tertiary/aromatic N) is 7. The van der Waals surface area contributed by atoms with Crippen LogP contribution >= 0.6 is 0 Å². The SMILES string of the molecule is COC(=O)N[C@H](C(=O)N1CCC[C@H]1c1ncc(-c2ccc(-c3cnc4cc(-c5cnc([C@@H]6CCCN6C(=O)CN(C)C(=O)O)[nH]5)ccc4n3)cc2)[nH]1)C(C)C.O=C(O)C(F)(F)F. The number of alkyl carbamates (subject to hydrolysis) is 1. The molecule has 5 N–H and O–H groups in total. The number of hydrogen-bond acceptors (Lipinski definition) is 10. The Morgan fingerprint density at radius 2 is 1.39 bits per heavy atom. The second-order valence-corrected chi connectivity index (χ2v) is 15.1. The minimum atomic E-state index is -5.08. The fraction of sp³-hybridized carbons (Fsp3) is 0.390. The van der Waals surface area contributed by atoms with Gasteiger partial charge in [0.05, 0.1) is 65.9 Å². The summed E-state index contributed by atoms with van der Waals surface area (Å²) < 4.78 is 36.5. The van der Waals surface area contributed by atoms with E-state index in [2.05, 4.69) is 25.3 Å². The van der Waals surface area contributed by atoms with Crippen LogP contribution < -0.4 is 5.32 Å². The number of imidazole rings is 2. The van der Waals surface area contributed by atoms with Crippen molar-refractivity contribution in [2.24, 2.45) is 5.92 Å². The Morgan fingerprint density at radius 1 is 0.839 bits per heavy atom. The number of ether oxygens (including phenoxy) is 1. The lowest BCUT2D eigenvalue weighted by molar-refractivity contribution is -0.192. The summed E-state index contributed by atoms with van der Waals surface area (Å²) in [5, 5.41) is 19.0. The van der Waals surface area contributed by atoms with E-state index in [1.54, 1.807) is 28.4 Å². The normalized spacial score (nSPS) is 16.8. The number of amides is 4. The Kier molecular flexibility index (Phi) is 13.4. The second-order valence-electron chi connectivity index (χ2n) is 15.1. The number of aromatic nitrogens is 6. The number of aromatic amines is 2. The molecule has 0 spiro atoms. The zero-order valence-corrected chi connectivity index (χ0v) is 34.1. The molecule has 7 rings (SSSR count). The monoisotopic (exact) mass is 862 g/mol. The van der Waals surface area contributed by atoms with E-state index in [4.69, 9.17) is 24.6 Å². The molecule has 2 aromatic carbocycles. The van der Waals surface area contributed by atoms with E-state index in [1.807, 2.05) is 56.3 Å². The molecule has 5 aromatic rings. The minimum Gasteiger partial charge on any atom is -0.475 e. The summed E-state index contributed by atoms with van der Waals surface area (Å²) in [6.07, 6.45) is 1.55. The number of rotatable bonds is 10. The van der Waals surface area contributed by atoms with Crippen molar-refractivity contribution in [1.29, 1.82) is 0 Å². The lowest BCUT2D eigenvalue weighted by atomic mass is 10.0. The maximum atomic E-state index is 13.5. The third kappa shape index (κ3) is 10.1. The highest BCUT2D eigenvalue weighted by molar-refractivity contribution is 5.87. The van der Waals surface area contributed by atoms with Crippen LogP contribution in [0.25, 0.3) is 44.8 Å². The molecule has 5 heterocycles. The van der Waals surface area contributed by atoms with E-state index in [9.17, 15) is 37.5 Å². The molecular weight excluding hydrogens is 818 g/mol. The summed E-state index contributed by atoms with van der Waals surface area (Å²) in [6, 6.07) is 12.6. The van der Waals surface area contributed by atoms with Crippen LogP contribution in [0.3, 0.4) is 0 Å². The first kappa shape index (κ1) is 44.5. The summed E-state index contributed by atoms with van der Waals surface area (Å²) in [5.41, 5.74) is 6.48. The maximum Gasteiger partial charge on any atom is 0.490 e. The van der Waals surface area contributed by atoms with Gasteiger partial charge in [0.25, 0.3) is 0 Å². The average molecular weight is 863 g/mol. The van der Waals surface area contributed by atoms with Gasteiger partial charge in [-0.1, -0.05) is 44.2 Å². The number of carboxylic acids is 1. The molecule has 0 aliphatic carbocycles. The summed E-state index contributed by atoms with van der Waals surface area (Å²) in [7, 11) is 2.66. The summed E-state index contributed by atoms with van der Waals surface area (Å²) >= 11 is 0. The number of carbonyl (C=O) groups is 5. The van der Waals surface area contributed by atoms with Crippen LogP contribution in [0.15, 0.2) is 61.1 Å². The van der Waals surface area contributed by atoms with Crippen molar-refractivity contribution in [2.75, 3.05) is 33.8 Å². The molecule has 2 fully saturated rings. The Bertz CT molecular complexity index is 2440. The zero-order chi connectivity index (χ0) is 44.9. The van der Waals surface area contributed by atoms with Crippen LogP contribution in [0.1, 0.15) is 63.3 Å². The van der Waals surface area contributed by atoms with E-state index in [0.717, 1.165) is 69.9 Å². The quantitative estimate of drug-likeness (QED) is 0.108. The standard InChI is InChI=1S/C39H44N10O6.C2HF3O2/c1-22(2)34(46-38(52)55-4)37(51)49-16-6-8-32(49)36-41-19-29(44-36)24-11-9-23(10-12-24)28-18-40-27-17-25(13-14-26(27)43-28)30-20-42-35(45-30)31-7-5-15-48(31)33(50)21-47(3)39(53)54;3-2(4,5)1(6)7/h9-14,17-20,22,31-32,34H,5-8,15-16,21H2,1-4H3,(H,41,44)(H,42,45)(H,46,52)(H,53,54);(H,6,7)/t31-,32-,34-;/m0./s1. The van der Waals surface area contributed by atoms with E-state index in [-0.39, 0.29) is 36.4 Å². The van der Waals surface area contributed by atoms with Crippen molar-refractivity contribution in [3.05, 3.63) is 72.7 Å². The number of methoxy groups -OCH3 is 1. The smallest absolute Gasteiger partial charge is 0.475 e. The van der Waals surface area contributed by atoms with Gasteiger partial charge in [-0.05, 0) is 49.3 Å². The number of hydrogen-bond donors (Lipinski definition) is 5. The predicted octanol–water partition coefficient (Wildman–Crippen LogP) is 6.03. The maximum absolute atomic E-state index is 13.5. The predicted molar refractivity (Wildman–Crippen MR) is 216 cm³/mol. The number of halogens is 3. The van der Waals surface area contributed by atoms with Gasteiger partial charge in [-0.3, -0.25) is 14.6 Å². The fourth-order valence-corrected chi connectivity index (χ4v) is 7.35. The number of carbonyl (C=O) groups excluding carboxylic acids is 3. The third-order valence-electron chi connectivity index (χ3n) is 10.6. The van der Waals surface area contributed by atoms with Crippen LogP contribution in [-0.4, -0.2) is 131 Å². The second kappa shape index (κ2) is 18.7. The Balaban J connectivity index is 0.000000845. The largest absolute Gasteiger partial charge is 0.490 e. The van der Waals surface area contributed by atoms with Gasteiger partial charge in [-0.25, -0.2) is 29.3 Å². The highest BCUT2D eigenvalue weighted by Gasteiger charge is 2.39. The van der Waals surface area contributed by atoms with Crippen molar-refractivity contribution in [3.63, 3.8) is 0 Å². The molecule has 3 aromatic heterocycles. The number of alkyl halides is 3. The molecule has 328 valence electrons. The van der Waals surface area contributed by atoms with Crippen molar-refractivity contribution in [3.8, 4) is 33.8 Å². The fourth-order valence-electron chi connectivity index (χ4n) is 7.35. The molecule has 0 unspecified atom stereocenters. The van der Waals surface area contributed by atoms with Crippen molar-refractivity contribution in [2.45, 2.75) is 63.8 Å². The first-order valence-electron chi connectivity index (χ1n) is 19.6. The number of H-pyrrole nitrogens is 2. The van der Waals surface area contributed by atoms with E-state index in [0.29, 0.717) is 30.3 Å². The van der Waals surface area contributed by atoms with Gasteiger partial charge in [0.15, 0.2) is 0 Å². The van der Waals surface area contributed by atoms with Crippen LogP contribution in [0.5, 0.6) is 0 Å². The highest BCUT2D eigenvalue weighted by atomic mass is 19.4. The minimum absolute atomic E-state index is 0.115. The van der Waals surface area contributed by atoms with Crippen LogP contribution in [0.4, 0.5) is 22.8 Å². The highest BCUT2D eigenvalue weighted by Crippen LogP contribution is 2.34. The number of fused-ring (bicyclic) bond motifs is 1. The molecule has 2 aliphatic heterocycles. The van der Waals surface area contributed by atoms with Crippen LogP contribution in [-0.2, 0) is 19.1 Å². The summed E-state index contributed by atoms with van der Waals surface area (Å²) in [6.45, 7) is 4.71. The molecule has 0 bridgehead atoms. The first-order chi connectivity index (χ1) is 29.4. The van der Waals surface area contributed by atoms with E-state index >= 15 is 0 Å². The van der Waals surface area contributed by atoms with Crippen molar-refractivity contribution in [1.82, 2.24) is 49.9 Å². The van der Waals surface area contributed by atoms with Crippen molar-refractivity contribution >= 4 is 41.0 Å². The number of benzene rings is 2. The number of likely N-dealkylation sites (tertiary alicyclic amines) is 2. The van der Waals surface area contributed by atoms with Gasteiger partial charge >= 0.3 is 24.3 Å². The number of nitrogens with one attached hydrogen (secondary N) is 3. The topological polar surface area (TPSA) is 240 Å². The molecule has 3 atom stereocenters. The molecule has 2 aliphatic rings. The Morgan fingerprint density at radius 3 is 1.95 bits per heavy atom. The average Bonchev–Trinajstić information content (AvgIpc) is 4.09. The van der Waals surface area contributed by atoms with Gasteiger partial charge in [-0.15, -0.1) is 0 Å². The summed E-state index contributed by atoms with van der Waals surface area (Å²) in [5.74, 6) is -1.91. The molecule has 62 heavy (non-hydrogen) atoms. The van der Waals surface area contributed by atoms with Gasteiger partial charge in [0, 0.05) is 31.3 Å². The molecule has 2 saturated heterocycles. The molecule has 21 heteroatoms. The van der Waals surface area contributed by atoms with Crippen LogP contribution in [0, 0.1) is 5.92 Å². The van der Waals surface area contributed by atoms with Crippen LogP contribution in [0.2, 0.25) is 0 Å². The third-order valence-corrected chi connectivity index (χ3v) is 10.6. The van der Waals surface area contributed by atoms with Gasteiger partial charge < -0.3 is 44.9 Å². The molecule has 0 radical (unpaired) electrons. The van der Waals surface area contributed by atoms with Crippen molar-refractivity contribution < 1.29 is 52.1 Å². The lowest BCUT2D eigenvalue weighted by Gasteiger charge is -2.30. The molecule has 0 saturated carbocycles. The Hall–Kier alpha value is -7.06.